The van der Waals surface area contributed by atoms with Gasteiger partial charge in [-0.05, 0) is 30.7 Å². The summed E-state index contributed by atoms with van der Waals surface area (Å²) in [5, 5.41) is 11.7. The summed E-state index contributed by atoms with van der Waals surface area (Å²) in [6.07, 6.45) is 2.63. The summed E-state index contributed by atoms with van der Waals surface area (Å²) >= 11 is 0. The van der Waals surface area contributed by atoms with Crippen LogP contribution in [0.25, 0.3) is 0 Å². The molecule has 0 rings (SSSR count). The van der Waals surface area contributed by atoms with Crippen LogP contribution in [0.4, 0.5) is 0 Å². The van der Waals surface area contributed by atoms with Crippen molar-refractivity contribution in [3.05, 3.63) is 0 Å². The van der Waals surface area contributed by atoms with Crippen LogP contribution in [0.5, 0.6) is 0 Å². The molecule has 112 valence electrons. The first-order valence-electron chi connectivity index (χ1n) is 6.95. The van der Waals surface area contributed by atoms with E-state index < -0.39 is 12.0 Å². The second kappa shape index (κ2) is 8.15. The lowest BCUT2D eigenvalue weighted by molar-refractivity contribution is -0.143. The van der Waals surface area contributed by atoms with Crippen molar-refractivity contribution in [2.75, 3.05) is 6.54 Å². The first kappa shape index (κ1) is 17.9. The van der Waals surface area contributed by atoms with Gasteiger partial charge in [-0.1, -0.05) is 34.1 Å². The number of nitrogens with one attached hydrogen (secondary N) is 1. The molecule has 0 aromatic heterocycles. The summed E-state index contributed by atoms with van der Waals surface area (Å²) in [5.41, 5.74) is 5.54. The molecule has 0 aromatic rings. The number of hydrogen-bond donors (Lipinski definition) is 3. The van der Waals surface area contributed by atoms with Crippen LogP contribution in [-0.4, -0.2) is 29.6 Å². The normalized spacial score (nSPS) is 14.8. The van der Waals surface area contributed by atoms with Crippen molar-refractivity contribution in [1.29, 1.82) is 0 Å². The summed E-state index contributed by atoms with van der Waals surface area (Å²) < 4.78 is 0. The molecule has 0 fully saturated rings. The van der Waals surface area contributed by atoms with E-state index in [1.54, 1.807) is 0 Å². The summed E-state index contributed by atoms with van der Waals surface area (Å²) in [5.74, 6) is -1.24. The molecule has 0 saturated carbocycles. The highest BCUT2D eigenvalue weighted by atomic mass is 16.4. The van der Waals surface area contributed by atoms with Crippen molar-refractivity contribution in [2.24, 2.45) is 17.1 Å². The zero-order chi connectivity index (χ0) is 15.1. The molecule has 19 heavy (non-hydrogen) atoms. The van der Waals surface area contributed by atoms with Gasteiger partial charge in [0.25, 0.3) is 0 Å². The number of carbonyl (C=O) groups is 2. The largest absolute Gasteiger partial charge is 0.480 e. The van der Waals surface area contributed by atoms with Gasteiger partial charge in [0.1, 0.15) is 6.04 Å². The third-order valence-electron chi connectivity index (χ3n) is 3.65. The lowest BCUT2D eigenvalue weighted by Gasteiger charge is -2.25. The van der Waals surface area contributed by atoms with Gasteiger partial charge in [-0.15, -0.1) is 0 Å². The van der Waals surface area contributed by atoms with Gasteiger partial charge >= 0.3 is 5.97 Å². The van der Waals surface area contributed by atoms with Gasteiger partial charge in [0, 0.05) is 6.42 Å². The Morgan fingerprint density at radius 2 is 1.89 bits per heavy atom. The van der Waals surface area contributed by atoms with Crippen molar-refractivity contribution in [2.45, 2.75) is 59.4 Å². The van der Waals surface area contributed by atoms with Gasteiger partial charge in [-0.25, -0.2) is 4.79 Å². The highest BCUT2D eigenvalue weighted by molar-refractivity contribution is 5.83. The van der Waals surface area contributed by atoms with Crippen LogP contribution >= 0.6 is 0 Å². The van der Waals surface area contributed by atoms with E-state index in [1.165, 1.54) is 0 Å². The van der Waals surface area contributed by atoms with Crippen LogP contribution in [0.2, 0.25) is 0 Å². The molecule has 5 nitrogen and oxygen atoms in total. The number of hydrogen-bond acceptors (Lipinski definition) is 3. The first-order valence-corrected chi connectivity index (χ1v) is 6.95. The van der Waals surface area contributed by atoms with E-state index in [-0.39, 0.29) is 17.2 Å². The van der Waals surface area contributed by atoms with Crippen molar-refractivity contribution < 1.29 is 14.7 Å². The molecule has 4 N–H and O–H groups in total. The number of amides is 1. The Kier molecular flexibility index (Phi) is 7.68. The first-order chi connectivity index (χ1) is 8.73. The Morgan fingerprint density at radius 3 is 2.32 bits per heavy atom. The van der Waals surface area contributed by atoms with Gasteiger partial charge in [-0.3, -0.25) is 4.79 Å². The van der Waals surface area contributed by atoms with Crippen LogP contribution in [0.3, 0.4) is 0 Å². The molecule has 1 amide bonds. The molecule has 0 aliphatic rings. The van der Waals surface area contributed by atoms with E-state index >= 15 is 0 Å². The van der Waals surface area contributed by atoms with Crippen molar-refractivity contribution in [3.8, 4) is 0 Å². The van der Waals surface area contributed by atoms with Gasteiger partial charge in [-0.2, -0.15) is 0 Å². The highest BCUT2D eigenvalue weighted by Crippen LogP contribution is 2.25. The maximum Gasteiger partial charge on any atom is 0.326 e. The number of carboxylic acid groups (broad SMARTS) is 1. The van der Waals surface area contributed by atoms with Crippen LogP contribution in [0.1, 0.15) is 53.4 Å². The molecule has 2 atom stereocenters. The fourth-order valence-electron chi connectivity index (χ4n) is 1.90. The van der Waals surface area contributed by atoms with E-state index in [0.29, 0.717) is 19.4 Å². The number of carbonyl (C=O) groups excluding carboxylic acids is 1. The average molecular weight is 272 g/mol. The maximum absolute atomic E-state index is 11.8. The minimum absolute atomic E-state index is 0.0151. The Bertz CT molecular complexity index is 303. The van der Waals surface area contributed by atoms with E-state index in [1.807, 2.05) is 13.8 Å². The Balaban J connectivity index is 4.32. The number of rotatable bonds is 9. The monoisotopic (exact) mass is 272 g/mol. The molecular weight excluding hydrogens is 244 g/mol. The van der Waals surface area contributed by atoms with Crippen LogP contribution < -0.4 is 11.1 Å². The Hall–Kier alpha value is -1.10. The molecule has 0 aliphatic carbocycles. The Labute approximate surface area is 115 Å². The second-order valence-corrected chi connectivity index (χ2v) is 5.97. The Morgan fingerprint density at radius 1 is 1.32 bits per heavy atom. The fraction of sp³-hybridized carbons (Fsp3) is 0.857. The third-order valence-corrected chi connectivity index (χ3v) is 3.65. The summed E-state index contributed by atoms with van der Waals surface area (Å²) in [6.45, 7) is 8.47. The van der Waals surface area contributed by atoms with E-state index in [0.717, 1.165) is 12.8 Å². The molecular formula is C14H28N2O3. The van der Waals surface area contributed by atoms with Crippen molar-refractivity contribution in [1.82, 2.24) is 5.32 Å². The van der Waals surface area contributed by atoms with Crippen molar-refractivity contribution >= 4 is 11.9 Å². The molecule has 5 heteroatoms. The lowest BCUT2D eigenvalue weighted by atomic mass is 9.84. The molecule has 0 saturated heterocycles. The predicted octanol–water partition coefficient (Wildman–Crippen LogP) is 1.76. The van der Waals surface area contributed by atoms with E-state index in [2.05, 4.69) is 19.2 Å². The highest BCUT2D eigenvalue weighted by Gasteiger charge is 2.26. The summed E-state index contributed by atoms with van der Waals surface area (Å²) in [7, 11) is 0. The molecule has 0 spiro atoms. The molecule has 0 aliphatic heterocycles. The zero-order valence-electron chi connectivity index (χ0n) is 12.5. The van der Waals surface area contributed by atoms with Crippen molar-refractivity contribution in [3.63, 3.8) is 0 Å². The predicted molar refractivity (Wildman–Crippen MR) is 75.7 cm³/mol. The van der Waals surface area contributed by atoms with Crippen LogP contribution in [0.15, 0.2) is 0 Å². The van der Waals surface area contributed by atoms with E-state index in [4.69, 9.17) is 10.8 Å². The van der Waals surface area contributed by atoms with E-state index in [9.17, 15) is 9.59 Å². The second-order valence-electron chi connectivity index (χ2n) is 5.97. The zero-order valence-corrected chi connectivity index (χ0v) is 12.5. The van der Waals surface area contributed by atoms with Gasteiger partial charge in [0.15, 0.2) is 0 Å². The number of carboxylic acids is 1. The SMILES string of the molecule is CC[C@H](C)[C@H](NC(=O)CCC(C)(C)CCN)C(=O)O. The molecule has 0 radical (unpaired) electrons. The minimum atomic E-state index is -0.969. The van der Waals surface area contributed by atoms with Gasteiger partial charge in [0.2, 0.25) is 5.91 Å². The average Bonchev–Trinajstić information content (AvgIpc) is 2.32. The summed E-state index contributed by atoms with van der Waals surface area (Å²) in [6, 6.07) is -0.796. The molecule has 0 aromatic carbocycles. The third kappa shape index (κ3) is 7.15. The smallest absolute Gasteiger partial charge is 0.326 e. The molecule has 0 bridgehead atoms. The molecule has 0 unspecified atom stereocenters. The lowest BCUT2D eigenvalue weighted by Crippen LogP contribution is -2.45. The standard InChI is InChI=1S/C14H28N2O3/c1-5-10(2)12(13(18)19)16-11(17)6-7-14(3,4)8-9-15/h10,12H,5-9,15H2,1-4H3,(H,16,17)(H,18,19)/t10-,12-/m0/s1. The minimum Gasteiger partial charge on any atom is -0.480 e. The number of nitrogens with two attached hydrogens (primary N) is 1. The quantitative estimate of drug-likeness (QED) is 0.596. The van der Waals surface area contributed by atoms with Crippen LogP contribution in [-0.2, 0) is 9.59 Å². The topological polar surface area (TPSA) is 92.4 Å². The maximum atomic E-state index is 11.8. The van der Waals surface area contributed by atoms with Gasteiger partial charge in [0.05, 0.1) is 0 Å². The molecule has 0 heterocycles. The fourth-order valence-corrected chi connectivity index (χ4v) is 1.90. The summed E-state index contributed by atoms with van der Waals surface area (Å²) in [4.78, 5) is 22.9. The van der Waals surface area contributed by atoms with Gasteiger partial charge < -0.3 is 16.2 Å². The number of aliphatic carboxylic acids is 1. The van der Waals surface area contributed by atoms with Crippen LogP contribution in [0, 0.1) is 11.3 Å².